The molecule has 1 aromatic carbocycles. The summed E-state index contributed by atoms with van der Waals surface area (Å²) in [6, 6.07) is 8.99. The van der Waals surface area contributed by atoms with Crippen molar-refractivity contribution in [2.24, 2.45) is 0 Å². The maximum Gasteiger partial charge on any atom is 0.339 e. The number of carbonyl (C=O) groups excluding carboxylic acids is 3. The topological polar surface area (TPSA) is 80.6 Å². The molecule has 0 unspecified atom stereocenters. The van der Waals surface area contributed by atoms with Crippen LogP contribution in [0.3, 0.4) is 0 Å². The molecular weight excluding hydrogens is 358 g/mol. The number of nitrogens with one attached hydrogen (secondary N) is 1. The van der Waals surface area contributed by atoms with Crippen molar-refractivity contribution < 1.29 is 19.1 Å². The van der Waals surface area contributed by atoms with Crippen LogP contribution in [0.5, 0.6) is 0 Å². The molecule has 1 aliphatic heterocycles. The summed E-state index contributed by atoms with van der Waals surface area (Å²) in [5.41, 5.74) is 3.50. The number of aryl methyl sites for hydroxylation is 1. The monoisotopic (exact) mass is 383 g/mol. The Bertz CT molecular complexity index is 899. The van der Waals surface area contributed by atoms with Crippen LogP contribution in [-0.4, -0.2) is 35.5 Å². The molecule has 1 aliphatic rings. The molecule has 7 heteroatoms. The van der Waals surface area contributed by atoms with Gasteiger partial charge in [-0.25, -0.2) is 4.79 Å². The third-order valence-electron chi connectivity index (χ3n) is 4.91. The maximum atomic E-state index is 12.5. The zero-order chi connectivity index (χ0) is 20.3. The SMILES string of the molecule is CCOC(=O)c1cc(C)n(CC(=O)Nc2ccc(N3CCCC3=O)cc2)c1C. The highest BCUT2D eigenvalue weighted by Gasteiger charge is 2.21. The molecule has 2 heterocycles. The molecule has 1 aromatic heterocycles. The second-order valence-corrected chi connectivity index (χ2v) is 6.84. The molecule has 0 spiro atoms. The van der Waals surface area contributed by atoms with Crippen LogP contribution in [0.2, 0.25) is 0 Å². The van der Waals surface area contributed by atoms with Gasteiger partial charge in [-0.15, -0.1) is 0 Å². The van der Waals surface area contributed by atoms with Gasteiger partial charge in [-0.1, -0.05) is 0 Å². The minimum Gasteiger partial charge on any atom is -0.462 e. The van der Waals surface area contributed by atoms with Crippen molar-refractivity contribution in [3.05, 3.63) is 47.3 Å². The third-order valence-corrected chi connectivity index (χ3v) is 4.91. The van der Waals surface area contributed by atoms with Crippen LogP contribution >= 0.6 is 0 Å². The van der Waals surface area contributed by atoms with E-state index in [1.807, 2.05) is 19.1 Å². The van der Waals surface area contributed by atoms with E-state index in [9.17, 15) is 14.4 Å². The molecule has 1 fully saturated rings. The molecule has 148 valence electrons. The summed E-state index contributed by atoms with van der Waals surface area (Å²) in [6.45, 7) is 6.56. The van der Waals surface area contributed by atoms with Gasteiger partial charge >= 0.3 is 5.97 Å². The Balaban J connectivity index is 1.66. The first-order valence-corrected chi connectivity index (χ1v) is 9.44. The van der Waals surface area contributed by atoms with E-state index < -0.39 is 0 Å². The van der Waals surface area contributed by atoms with Crippen molar-refractivity contribution in [1.82, 2.24) is 4.57 Å². The summed E-state index contributed by atoms with van der Waals surface area (Å²) in [6.07, 6.45) is 1.46. The first-order chi connectivity index (χ1) is 13.4. The summed E-state index contributed by atoms with van der Waals surface area (Å²) in [4.78, 5) is 38.1. The number of rotatable bonds is 6. The van der Waals surface area contributed by atoms with E-state index in [1.165, 1.54) is 0 Å². The number of anilines is 2. The minimum absolute atomic E-state index is 0.101. The molecular formula is C21H25N3O4. The fourth-order valence-electron chi connectivity index (χ4n) is 3.45. The standard InChI is InChI=1S/C21H25N3O4/c1-4-28-21(27)18-12-14(2)24(15(18)3)13-19(25)22-16-7-9-17(10-8-16)23-11-5-6-20(23)26/h7-10,12H,4-6,11,13H2,1-3H3,(H,22,25). The van der Waals surface area contributed by atoms with E-state index in [0.717, 1.165) is 24.3 Å². The molecule has 0 aliphatic carbocycles. The Morgan fingerprint density at radius 1 is 1.18 bits per heavy atom. The summed E-state index contributed by atoms with van der Waals surface area (Å²) < 4.78 is 6.85. The highest BCUT2D eigenvalue weighted by Crippen LogP contribution is 2.23. The van der Waals surface area contributed by atoms with Gasteiger partial charge in [0.05, 0.1) is 12.2 Å². The van der Waals surface area contributed by atoms with Crippen molar-refractivity contribution >= 4 is 29.2 Å². The van der Waals surface area contributed by atoms with E-state index in [1.54, 1.807) is 41.5 Å². The number of hydrogen-bond acceptors (Lipinski definition) is 4. The third kappa shape index (κ3) is 4.08. The number of ether oxygens (including phenoxy) is 1. The van der Waals surface area contributed by atoms with E-state index >= 15 is 0 Å². The highest BCUT2D eigenvalue weighted by molar-refractivity contribution is 5.96. The second-order valence-electron chi connectivity index (χ2n) is 6.84. The van der Waals surface area contributed by atoms with Crippen molar-refractivity contribution in [2.45, 2.75) is 40.2 Å². The van der Waals surface area contributed by atoms with Crippen molar-refractivity contribution in [3.63, 3.8) is 0 Å². The smallest absolute Gasteiger partial charge is 0.339 e. The van der Waals surface area contributed by atoms with E-state index in [-0.39, 0.29) is 24.3 Å². The lowest BCUT2D eigenvalue weighted by Crippen LogP contribution is -2.23. The summed E-state index contributed by atoms with van der Waals surface area (Å²) in [5, 5.41) is 2.86. The maximum absolute atomic E-state index is 12.5. The van der Waals surface area contributed by atoms with E-state index in [4.69, 9.17) is 4.74 Å². The van der Waals surface area contributed by atoms with Crippen LogP contribution in [0.4, 0.5) is 11.4 Å². The lowest BCUT2D eigenvalue weighted by atomic mass is 10.2. The first-order valence-electron chi connectivity index (χ1n) is 9.44. The number of aromatic nitrogens is 1. The fourth-order valence-corrected chi connectivity index (χ4v) is 3.45. The Hall–Kier alpha value is -3.09. The van der Waals surface area contributed by atoms with E-state index in [0.29, 0.717) is 30.0 Å². The number of esters is 1. The average Bonchev–Trinajstić information content (AvgIpc) is 3.21. The molecule has 0 atom stereocenters. The Kier molecular flexibility index (Phi) is 5.82. The minimum atomic E-state index is -0.380. The Morgan fingerprint density at radius 2 is 1.89 bits per heavy atom. The molecule has 1 N–H and O–H groups in total. The molecule has 0 bridgehead atoms. The van der Waals surface area contributed by atoms with Crippen LogP contribution in [0.25, 0.3) is 0 Å². The molecule has 2 amide bonds. The van der Waals surface area contributed by atoms with Crippen molar-refractivity contribution in [2.75, 3.05) is 23.4 Å². The molecule has 3 rings (SSSR count). The predicted molar refractivity (Wildman–Crippen MR) is 107 cm³/mol. The number of amides is 2. The fraction of sp³-hybridized carbons (Fsp3) is 0.381. The van der Waals surface area contributed by atoms with Crippen LogP contribution in [0.1, 0.15) is 41.5 Å². The van der Waals surface area contributed by atoms with Crippen LogP contribution in [-0.2, 0) is 20.9 Å². The van der Waals surface area contributed by atoms with Gasteiger partial charge in [-0.3, -0.25) is 9.59 Å². The average molecular weight is 383 g/mol. The van der Waals surface area contributed by atoms with Gasteiger partial charge in [0.2, 0.25) is 11.8 Å². The van der Waals surface area contributed by atoms with Gasteiger partial charge in [-0.2, -0.15) is 0 Å². The molecule has 7 nitrogen and oxygen atoms in total. The van der Waals surface area contributed by atoms with E-state index in [2.05, 4.69) is 5.32 Å². The predicted octanol–water partition coefficient (Wildman–Crippen LogP) is 3.05. The number of benzene rings is 1. The van der Waals surface area contributed by atoms with Gasteiger partial charge in [0.15, 0.2) is 0 Å². The second kappa shape index (κ2) is 8.29. The summed E-state index contributed by atoms with van der Waals surface area (Å²) >= 11 is 0. The van der Waals surface area contributed by atoms with Crippen molar-refractivity contribution in [1.29, 1.82) is 0 Å². The zero-order valence-electron chi connectivity index (χ0n) is 16.4. The quantitative estimate of drug-likeness (QED) is 0.778. The molecule has 0 radical (unpaired) electrons. The van der Waals surface area contributed by atoms with Crippen LogP contribution in [0.15, 0.2) is 30.3 Å². The molecule has 1 saturated heterocycles. The van der Waals surface area contributed by atoms with Gasteiger partial charge in [0.1, 0.15) is 6.54 Å². The van der Waals surface area contributed by atoms with Gasteiger partial charge in [0, 0.05) is 35.7 Å². The van der Waals surface area contributed by atoms with Gasteiger partial charge < -0.3 is 19.5 Å². The molecule has 0 saturated carbocycles. The van der Waals surface area contributed by atoms with Crippen molar-refractivity contribution in [3.8, 4) is 0 Å². The number of carbonyl (C=O) groups is 3. The van der Waals surface area contributed by atoms with Crippen LogP contribution < -0.4 is 10.2 Å². The highest BCUT2D eigenvalue weighted by atomic mass is 16.5. The summed E-state index contributed by atoms with van der Waals surface area (Å²) in [5.74, 6) is -0.440. The van der Waals surface area contributed by atoms with Crippen LogP contribution in [0, 0.1) is 13.8 Å². The largest absolute Gasteiger partial charge is 0.462 e. The lowest BCUT2D eigenvalue weighted by molar-refractivity contribution is -0.117. The van der Waals surface area contributed by atoms with Gasteiger partial charge in [0.25, 0.3) is 0 Å². The van der Waals surface area contributed by atoms with Gasteiger partial charge in [-0.05, 0) is 57.5 Å². The normalized spacial score (nSPS) is 13.7. The molecule has 28 heavy (non-hydrogen) atoms. The first kappa shape index (κ1) is 19.7. The zero-order valence-corrected chi connectivity index (χ0v) is 16.4. The number of hydrogen-bond donors (Lipinski definition) is 1. The molecule has 2 aromatic rings. The Morgan fingerprint density at radius 3 is 2.50 bits per heavy atom. The Labute approximate surface area is 164 Å². The lowest BCUT2D eigenvalue weighted by Gasteiger charge is -2.16. The summed E-state index contributed by atoms with van der Waals surface area (Å²) in [7, 11) is 0. The number of nitrogens with zero attached hydrogens (tertiary/aromatic N) is 2.